The Hall–Kier alpha value is -3.61. The molecule has 0 aliphatic carbocycles. The van der Waals surface area contributed by atoms with Gasteiger partial charge in [0.2, 0.25) is 5.91 Å². The number of carbonyl (C=O) groups is 1. The summed E-state index contributed by atoms with van der Waals surface area (Å²) in [4.78, 5) is 40.6. The Morgan fingerprint density at radius 2 is 1.69 bits per heavy atom. The van der Waals surface area contributed by atoms with Gasteiger partial charge < -0.3 is 18.3 Å². The monoisotopic (exact) mass is 472 g/mol. The van der Waals surface area contributed by atoms with Gasteiger partial charge in [0.15, 0.2) is 0 Å². The second-order valence-electron chi connectivity index (χ2n) is 10.2. The predicted molar refractivity (Wildman–Crippen MR) is 133 cm³/mol. The first-order valence-corrected chi connectivity index (χ1v) is 12.2. The first-order chi connectivity index (χ1) is 16.7. The molecule has 0 spiro atoms. The number of carbonyl (C=O) groups excluding carboxylic acids is 1. The highest BCUT2D eigenvalue weighted by molar-refractivity contribution is 6.00. The quantitative estimate of drug-likeness (QED) is 0.410. The molecule has 5 heterocycles. The fourth-order valence-electron chi connectivity index (χ4n) is 6.06. The van der Waals surface area contributed by atoms with Crippen molar-refractivity contribution in [2.24, 2.45) is 5.92 Å². The highest BCUT2D eigenvalue weighted by atomic mass is 16.4. The molecular weight excluding hydrogens is 444 g/mol. The summed E-state index contributed by atoms with van der Waals surface area (Å²) in [6.07, 6.45) is 0.981. The third-order valence-electron chi connectivity index (χ3n) is 8.10. The minimum Gasteiger partial charge on any atom is -0.461 e. The molecule has 2 atom stereocenters. The molecule has 7 nitrogen and oxygen atoms in total. The molecule has 35 heavy (non-hydrogen) atoms. The maximum absolute atomic E-state index is 13.4. The average Bonchev–Trinajstić information content (AvgIpc) is 3.12. The third kappa shape index (κ3) is 3.28. The van der Waals surface area contributed by atoms with Gasteiger partial charge in [-0.3, -0.25) is 9.59 Å². The molecule has 1 aromatic carbocycles. The summed E-state index contributed by atoms with van der Waals surface area (Å²) in [5.74, 6) is 1.14. The molecule has 180 valence electrons. The number of rotatable bonds is 2. The number of pyridine rings is 1. The van der Waals surface area contributed by atoms with Crippen LogP contribution in [-0.4, -0.2) is 28.5 Å². The molecule has 2 aliphatic heterocycles. The van der Waals surface area contributed by atoms with E-state index in [0.717, 1.165) is 50.9 Å². The minimum absolute atomic E-state index is 0.00558. The summed E-state index contributed by atoms with van der Waals surface area (Å²) in [6.45, 7) is 9.52. The number of benzene rings is 1. The van der Waals surface area contributed by atoms with Crippen LogP contribution in [-0.2, 0) is 17.8 Å². The van der Waals surface area contributed by atoms with Crippen LogP contribution in [0.4, 0.5) is 0 Å². The highest BCUT2D eigenvalue weighted by Gasteiger charge is 2.36. The van der Waals surface area contributed by atoms with Gasteiger partial charge in [0.1, 0.15) is 16.9 Å². The van der Waals surface area contributed by atoms with E-state index in [9.17, 15) is 14.4 Å². The standard InChI is InChI=1S/C28H28N2O5/c1-14-17(4)34-26-16(3)27-21(9-20(14)26)15(2)22(28(33)35-27)10-25(32)29-11-18-8-19(13-29)23-6-5-7-24(31)30(23)12-18/h5-7,9,18-19H,8,10-13H2,1-4H3/t18-,19-/m0/s1. The number of aryl methyl sites for hydroxylation is 4. The number of likely N-dealkylation sites (tertiary alicyclic amines) is 1. The number of fused-ring (bicyclic) bond motifs is 6. The van der Waals surface area contributed by atoms with E-state index in [4.69, 9.17) is 8.83 Å². The van der Waals surface area contributed by atoms with Gasteiger partial charge in [-0.15, -0.1) is 0 Å². The van der Waals surface area contributed by atoms with Crippen LogP contribution in [0.5, 0.6) is 0 Å². The van der Waals surface area contributed by atoms with Gasteiger partial charge in [-0.1, -0.05) is 6.07 Å². The number of aromatic nitrogens is 1. The van der Waals surface area contributed by atoms with E-state index < -0.39 is 5.63 Å². The molecule has 0 saturated carbocycles. The Labute approximate surface area is 201 Å². The molecule has 1 saturated heterocycles. The minimum atomic E-state index is -0.472. The zero-order chi connectivity index (χ0) is 24.6. The van der Waals surface area contributed by atoms with Crippen LogP contribution in [0, 0.1) is 33.6 Å². The molecule has 2 bridgehead atoms. The van der Waals surface area contributed by atoms with Gasteiger partial charge in [-0.2, -0.15) is 0 Å². The average molecular weight is 473 g/mol. The molecule has 0 N–H and O–H groups in total. The number of hydrogen-bond donors (Lipinski definition) is 0. The van der Waals surface area contributed by atoms with E-state index in [0.29, 0.717) is 30.8 Å². The summed E-state index contributed by atoms with van der Waals surface area (Å²) in [5, 5.41) is 1.84. The van der Waals surface area contributed by atoms with Crippen molar-refractivity contribution in [1.82, 2.24) is 9.47 Å². The van der Waals surface area contributed by atoms with Crippen molar-refractivity contribution in [3.05, 3.63) is 78.7 Å². The fraction of sp³-hybridized carbons (Fsp3) is 0.393. The van der Waals surface area contributed by atoms with Gasteiger partial charge >= 0.3 is 5.63 Å². The van der Waals surface area contributed by atoms with Crippen molar-refractivity contribution in [2.75, 3.05) is 13.1 Å². The first kappa shape index (κ1) is 21.9. The lowest BCUT2D eigenvalue weighted by Crippen LogP contribution is -2.49. The summed E-state index contributed by atoms with van der Waals surface area (Å²) in [7, 11) is 0. The Kier molecular flexibility index (Phi) is 4.82. The second-order valence-corrected chi connectivity index (χ2v) is 10.2. The fourth-order valence-corrected chi connectivity index (χ4v) is 6.06. The van der Waals surface area contributed by atoms with Gasteiger partial charge in [-0.25, -0.2) is 4.79 Å². The van der Waals surface area contributed by atoms with Crippen molar-refractivity contribution in [3.8, 4) is 0 Å². The normalized spacial score (nSPS) is 19.4. The van der Waals surface area contributed by atoms with E-state index in [1.165, 1.54) is 0 Å². The molecule has 6 rings (SSSR count). The number of amides is 1. The maximum atomic E-state index is 13.4. The Bertz CT molecular complexity index is 1650. The van der Waals surface area contributed by atoms with Crippen LogP contribution in [0.15, 0.2) is 42.7 Å². The molecule has 3 aromatic heterocycles. The maximum Gasteiger partial charge on any atom is 0.340 e. The molecule has 7 heteroatoms. The number of piperidine rings is 1. The van der Waals surface area contributed by atoms with E-state index >= 15 is 0 Å². The Morgan fingerprint density at radius 3 is 2.49 bits per heavy atom. The summed E-state index contributed by atoms with van der Waals surface area (Å²) >= 11 is 0. The topological polar surface area (TPSA) is 85.7 Å². The van der Waals surface area contributed by atoms with Crippen molar-refractivity contribution < 1.29 is 13.6 Å². The van der Waals surface area contributed by atoms with Crippen molar-refractivity contribution >= 4 is 27.8 Å². The first-order valence-electron chi connectivity index (χ1n) is 12.2. The Balaban J connectivity index is 1.35. The second kappa shape index (κ2) is 7.70. The predicted octanol–water partition coefficient (Wildman–Crippen LogP) is 4.12. The van der Waals surface area contributed by atoms with E-state index in [1.54, 1.807) is 12.1 Å². The molecule has 2 aliphatic rings. The smallest absolute Gasteiger partial charge is 0.340 e. The summed E-state index contributed by atoms with van der Waals surface area (Å²) < 4.78 is 13.5. The van der Waals surface area contributed by atoms with E-state index in [-0.39, 0.29) is 29.7 Å². The summed E-state index contributed by atoms with van der Waals surface area (Å²) in [5.41, 5.74) is 4.84. The van der Waals surface area contributed by atoms with Crippen LogP contribution in [0.1, 0.15) is 46.0 Å². The number of furan rings is 1. The lowest BCUT2D eigenvalue weighted by atomic mass is 9.83. The summed E-state index contributed by atoms with van der Waals surface area (Å²) in [6, 6.07) is 7.38. The van der Waals surface area contributed by atoms with Crippen LogP contribution < -0.4 is 11.2 Å². The molecule has 4 aromatic rings. The van der Waals surface area contributed by atoms with Crippen molar-refractivity contribution in [1.29, 1.82) is 0 Å². The number of hydrogen-bond acceptors (Lipinski definition) is 5. The van der Waals surface area contributed by atoms with Gasteiger partial charge in [0.05, 0.1) is 12.0 Å². The van der Waals surface area contributed by atoms with Gasteiger partial charge in [0, 0.05) is 53.6 Å². The van der Waals surface area contributed by atoms with Crippen LogP contribution in [0.2, 0.25) is 0 Å². The lowest BCUT2D eigenvalue weighted by Gasteiger charge is -2.42. The SMILES string of the molecule is Cc1oc2c(C)c3oc(=O)c(CC(=O)N4C[C@@H]5C[C@@H](C4)c4cccc(=O)n4C5)c(C)c3cc2c1C. The lowest BCUT2D eigenvalue weighted by molar-refractivity contribution is -0.133. The van der Waals surface area contributed by atoms with E-state index in [2.05, 4.69) is 0 Å². The van der Waals surface area contributed by atoms with Gasteiger partial charge in [0.25, 0.3) is 5.56 Å². The highest BCUT2D eigenvalue weighted by Crippen LogP contribution is 2.36. The van der Waals surface area contributed by atoms with Crippen LogP contribution >= 0.6 is 0 Å². The van der Waals surface area contributed by atoms with E-state index in [1.807, 2.05) is 49.3 Å². The number of nitrogens with zero attached hydrogens (tertiary/aromatic N) is 2. The molecule has 0 unspecified atom stereocenters. The van der Waals surface area contributed by atoms with Crippen LogP contribution in [0.3, 0.4) is 0 Å². The Morgan fingerprint density at radius 1 is 0.943 bits per heavy atom. The largest absolute Gasteiger partial charge is 0.461 e. The van der Waals surface area contributed by atoms with Crippen LogP contribution in [0.25, 0.3) is 21.9 Å². The zero-order valence-corrected chi connectivity index (χ0v) is 20.4. The van der Waals surface area contributed by atoms with Gasteiger partial charge in [-0.05, 0) is 63.3 Å². The van der Waals surface area contributed by atoms with Crippen molar-refractivity contribution in [2.45, 2.75) is 53.0 Å². The zero-order valence-electron chi connectivity index (χ0n) is 20.4. The van der Waals surface area contributed by atoms with Crippen molar-refractivity contribution in [3.63, 3.8) is 0 Å². The molecule has 0 radical (unpaired) electrons. The third-order valence-corrected chi connectivity index (χ3v) is 8.10. The molecule has 1 amide bonds. The molecule has 1 fully saturated rings. The molecular formula is C28H28N2O5.